The Hall–Kier alpha value is -6.55. The Bertz CT molecular complexity index is 2540. The second kappa shape index (κ2) is 17.7. The van der Waals surface area contributed by atoms with E-state index >= 15 is 0 Å². The van der Waals surface area contributed by atoms with E-state index in [1.807, 2.05) is 127 Å². The Morgan fingerprint density at radius 3 is 1.11 bits per heavy atom. The van der Waals surface area contributed by atoms with Crippen LogP contribution >= 0.6 is 0 Å². The minimum Gasteiger partial charge on any atom is -0.496 e. The molecule has 9 rings (SSSR count). The zero-order chi connectivity index (χ0) is 38.3. The Morgan fingerprint density at radius 2 is 0.768 bits per heavy atom. The van der Waals surface area contributed by atoms with Gasteiger partial charge in [0.2, 0.25) is 0 Å². The normalized spacial score (nSPS) is 10.7. The molecule has 2 aromatic heterocycles. The molecule has 0 saturated heterocycles. The van der Waals surface area contributed by atoms with E-state index in [9.17, 15) is 9.59 Å². The molecule has 1 radical (unpaired) electrons. The fourth-order valence-electron chi connectivity index (χ4n) is 6.55. The van der Waals surface area contributed by atoms with Crippen LogP contribution in [0.5, 0.6) is 11.5 Å². The number of carbonyl (C=O) groups is 2. The summed E-state index contributed by atoms with van der Waals surface area (Å²) in [6, 6.07) is 48.9. The maximum absolute atomic E-state index is 11.2. The van der Waals surface area contributed by atoms with Crippen molar-refractivity contribution in [2.75, 3.05) is 14.2 Å². The van der Waals surface area contributed by atoms with Gasteiger partial charge in [-0.1, -0.05) is 103 Å². The first-order valence-corrected chi connectivity index (χ1v) is 17.7. The van der Waals surface area contributed by atoms with E-state index in [0.29, 0.717) is 0 Å². The number of carbonyl (C=O) groups excluding carboxylic acids is 2. The molecule has 0 saturated carbocycles. The van der Waals surface area contributed by atoms with Crippen LogP contribution in [0.15, 0.2) is 152 Å². The maximum atomic E-state index is 11.2. The Morgan fingerprint density at radius 1 is 0.446 bits per heavy atom. The smallest absolute Gasteiger partial charge is 0.144 e. The molecular weight excluding hydrogens is 881 g/mol. The first-order valence-electron chi connectivity index (χ1n) is 17.7. The third-order valence-electron chi connectivity index (χ3n) is 9.11. The first-order chi connectivity index (χ1) is 26.9. The summed E-state index contributed by atoms with van der Waals surface area (Å²) in [4.78, 5) is 25.7. The van der Waals surface area contributed by atoms with Gasteiger partial charge in [0.25, 0.3) is 0 Å². The molecule has 0 unspecified atom stereocenters. The van der Waals surface area contributed by atoms with Crippen LogP contribution in [0.25, 0.3) is 55.0 Å². The summed E-state index contributed by atoms with van der Waals surface area (Å²) in [5.41, 5.74) is 6.22. The van der Waals surface area contributed by atoms with Crippen LogP contribution in [0.2, 0.25) is 0 Å². The Kier molecular flexibility index (Phi) is 12.4. The number of rotatable bonds is 7. The van der Waals surface area contributed by atoms with E-state index < -0.39 is 5.92 Å². The molecule has 0 N–H and O–H groups in total. The zero-order valence-electron chi connectivity index (χ0n) is 31.2. The van der Waals surface area contributed by atoms with Gasteiger partial charge < -0.3 is 9.47 Å². The molecular formula is C45H38IrN6O4. The van der Waals surface area contributed by atoms with Crippen LogP contribution < -0.4 is 9.47 Å². The van der Waals surface area contributed by atoms with Gasteiger partial charge in [0.1, 0.15) is 51.1 Å². The standard InChI is InChI=1S/2C17H13N3O.C11H12O2.Ir/c2*1-21-17-11-10-16(12-6-2-3-7-13(12)17)20-18-14-8-4-5-9-15(14)19-20;1-8(12)11(9(2)13)10-6-4-3-5-7-10;/h2*2-11H,1H3;3-7,11H,1-2H3;. The summed E-state index contributed by atoms with van der Waals surface area (Å²) in [5.74, 6) is 0.927. The van der Waals surface area contributed by atoms with Gasteiger partial charge in [-0.15, -0.1) is 30.0 Å². The number of fused-ring (bicyclic) bond motifs is 4. The summed E-state index contributed by atoms with van der Waals surface area (Å²) in [5, 5.41) is 22.5. The average Bonchev–Trinajstić information content (AvgIpc) is 3.85. The average molecular weight is 919 g/mol. The molecule has 2 heterocycles. The van der Waals surface area contributed by atoms with Crippen molar-refractivity contribution in [2.24, 2.45) is 0 Å². The van der Waals surface area contributed by atoms with Crippen LogP contribution in [0.1, 0.15) is 25.3 Å². The van der Waals surface area contributed by atoms with Gasteiger partial charge in [0, 0.05) is 41.7 Å². The number of aromatic nitrogens is 6. The van der Waals surface area contributed by atoms with Gasteiger partial charge in [0.15, 0.2) is 0 Å². The van der Waals surface area contributed by atoms with Gasteiger partial charge in [-0.2, -0.15) is 0 Å². The van der Waals surface area contributed by atoms with Gasteiger partial charge in [0.05, 0.1) is 25.6 Å². The maximum Gasteiger partial charge on any atom is 0.144 e. The summed E-state index contributed by atoms with van der Waals surface area (Å²) in [6.07, 6.45) is 0. The molecule has 0 aliphatic carbocycles. The predicted octanol–water partition coefficient (Wildman–Crippen LogP) is 9.11. The van der Waals surface area contributed by atoms with E-state index in [1.165, 1.54) is 13.8 Å². The van der Waals surface area contributed by atoms with Crippen molar-refractivity contribution in [3.8, 4) is 22.9 Å². The van der Waals surface area contributed by atoms with Crippen molar-refractivity contribution in [2.45, 2.75) is 19.8 Å². The van der Waals surface area contributed by atoms with Crippen LogP contribution in [-0.2, 0) is 29.7 Å². The fraction of sp³-hybridized carbons (Fsp3) is 0.111. The SMILES string of the molecule is CC(=O)C(C(C)=O)c1ccccc1.COc1ccc(-n2nc3ccccc3n2)c2ccccc12.COc1ccc(-n2nc3ccccc3n2)c2ccccc12.[Ir]. The van der Waals surface area contributed by atoms with E-state index in [2.05, 4.69) is 32.5 Å². The molecule has 0 aliphatic heterocycles. The van der Waals surface area contributed by atoms with E-state index in [-0.39, 0.29) is 31.7 Å². The van der Waals surface area contributed by atoms with E-state index in [0.717, 1.165) is 72.0 Å². The summed E-state index contributed by atoms with van der Waals surface area (Å²) < 4.78 is 10.9. The largest absolute Gasteiger partial charge is 0.496 e. The summed E-state index contributed by atoms with van der Waals surface area (Å²) in [6.45, 7) is 2.89. The summed E-state index contributed by atoms with van der Waals surface area (Å²) >= 11 is 0. The molecule has 0 bridgehead atoms. The van der Waals surface area contributed by atoms with Gasteiger partial charge in [-0.05, 0) is 67.9 Å². The van der Waals surface area contributed by atoms with Crippen molar-refractivity contribution in [1.29, 1.82) is 0 Å². The van der Waals surface area contributed by atoms with Crippen molar-refractivity contribution < 1.29 is 39.2 Å². The van der Waals surface area contributed by atoms with Crippen LogP contribution in [0.4, 0.5) is 0 Å². The molecule has 281 valence electrons. The summed E-state index contributed by atoms with van der Waals surface area (Å²) in [7, 11) is 3.36. The predicted molar refractivity (Wildman–Crippen MR) is 216 cm³/mol. The van der Waals surface area contributed by atoms with Crippen LogP contribution in [-0.4, -0.2) is 55.8 Å². The second-order valence-corrected chi connectivity index (χ2v) is 12.7. The number of ether oxygens (including phenoxy) is 2. The molecule has 56 heavy (non-hydrogen) atoms. The third-order valence-corrected chi connectivity index (χ3v) is 9.11. The van der Waals surface area contributed by atoms with E-state index in [4.69, 9.17) is 9.47 Å². The minimum atomic E-state index is -0.582. The van der Waals surface area contributed by atoms with Gasteiger partial charge in [-0.25, -0.2) is 0 Å². The van der Waals surface area contributed by atoms with Gasteiger partial charge in [-0.3, -0.25) is 9.59 Å². The third kappa shape index (κ3) is 8.24. The molecule has 0 spiro atoms. The van der Waals surface area contributed by atoms with Crippen molar-refractivity contribution >= 4 is 55.2 Å². The minimum absolute atomic E-state index is 0. The van der Waals surface area contributed by atoms with Crippen LogP contribution in [0, 0.1) is 0 Å². The fourth-order valence-corrected chi connectivity index (χ4v) is 6.55. The first kappa shape index (κ1) is 39.2. The quantitative estimate of drug-likeness (QED) is 0.146. The van der Waals surface area contributed by atoms with Crippen molar-refractivity contribution in [3.63, 3.8) is 0 Å². The molecule has 0 atom stereocenters. The molecule has 0 aliphatic rings. The molecule has 0 amide bonds. The number of hydrogen-bond donors (Lipinski definition) is 0. The number of methoxy groups -OCH3 is 2. The number of hydrogen-bond acceptors (Lipinski definition) is 8. The topological polar surface area (TPSA) is 114 Å². The zero-order valence-corrected chi connectivity index (χ0v) is 33.6. The second-order valence-electron chi connectivity index (χ2n) is 12.7. The number of ketones is 2. The molecule has 10 nitrogen and oxygen atoms in total. The Balaban J connectivity index is 0.000000146. The van der Waals surface area contributed by atoms with Crippen LogP contribution in [0.3, 0.4) is 0 Å². The molecule has 7 aromatic carbocycles. The Labute approximate surface area is 337 Å². The molecule has 0 fully saturated rings. The monoisotopic (exact) mass is 919 g/mol. The van der Waals surface area contributed by atoms with E-state index in [1.54, 1.807) is 35.9 Å². The van der Waals surface area contributed by atoms with Crippen molar-refractivity contribution in [1.82, 2.24) is 30.0 Å². The number of benzene rings is 7. The number of nitrogens with zero attached hydrogens (tertiary/aromatic N) is 6. The number of Topliss-reactive ketones (excluding diaryl/α,β-unsaturated/α-hetero) is 2. The molecule has 11 heteroatoms. The van der Waals surface area contributed by atoms with Gasteiger partial charge >= 0.3 is 0 Å². The van der Waals surface area contributed by atoms with Crippen molar-refractivity contribution in [3.05, 3.63) is 157 Å². The molecule has 9 aromatic rings.